The standard InChI is InChI=1S/C23H24N4O3S/c1-5-10-26-21(24)19(31(29,30)17-8-7-15(3)16(4)11-17)12-18-22(26)25-20-9-6-14(2)13-27(20)23(18)28/h6-9,11-13,24H,5,10H2,1-4H3/p+1. The summed E-state index contributed by atoms with van der Waals surface area (Å²) < 4.78 is 30.1. The van der Waals surface area contributed by atoms with E-state index in [2.05, 4.69) is 4.98 Å². The SMILES string of the molecule is CCC[n+]1c(N)c(S(=O)(=O)c2ccc(C)c(C)c2)cc2c(=O)n3cc(C)ccc3nc21. The molecule has 0 aliphatic heterocycles. The summed E-state index contributed by atoms with van der Waals surface area (Å²) in [6.07, 6.45) is 2.40. The molecule has 4 aromatic rings. The molecule has 31 heavy (non-hydrogen) atoms. The molecule has 7 nitrogen and oxygen atoms in total. The van der Waals surface area contributed by atoms with Crippen LogP contribution in [0.25, 0.3) is 16.7 Å². The van der Waals surface area contributed by atoms with Crippen molar-refractivity contribution in [3.63, 3.8) is 0 Å². The lowest BCUT2D eigenvalue weighted by molar-refractivity contribution is -0.660. The van der Waals surface area contributed by atoms with E-state index in [0.717, 1.165) is 16.7 Å². The van der Waals surface area contributed by atoms with Gasteiger partial charge in [-0.15, -0.1) is 0 Å². The third kappa shape index (κ3) is 3.37. The van der Waals surface area contributed by atoms with Gasteiger partial charge in [-0.3, -0.25) is 9.20 Å². The quantitative estimate of drug-likeness (QED) is 0.391. The van der Waals surface area contributed by atoms with Crippen molar-refractivity contribution in [2.75, 3.05) is 5.73 Å². The van der Waals surface area contributed by atoms with E-state index < -0.39 is 9.84 Å². The first-order chi connectivity index (χ1) is 14.6. The van der Waals surface area contributed by atoms with Crippen LogP contribution in [0.4, 0.5) is 5.82 Å². The van der Waals surface area contributed by atoms with Crippen molar-refractivity contribution < 1.29 is 13.0 Å². The van der Waals surface area contributed by atoms with E-state index in [1.807, 2.05) is 33.8 Å². The van der Waals surface area contributed by atoms with Gasteiger partial charge in [0.2, 0.25) is 21.3 Å². The Morgan fingerprint density at radius 2 is 1.81 bits per heavy atom. The van der Waals surface area contributed by atoms with E-state index in [-0.39, 0.29) is 26.6 Å². The van der Waals surface area contributed by atoms with Gasteiger partial charge in [-0.25, -0.2) is 13.0 Å². The Labute approximate surface area is 180 Å². The molecule has 0 saturated heterocycles. The largest absolute Gasteiger partial charge is 0.317 e. The number of pyridine rings is 2. The summed E-state index contributed by atoms with van der Waals surface area (Å²) in [6.45, 7) is 8.06. The summed E-state index contributed by atoms with van der Waals surface area (Å²) in [6, 6.07) is 9.98. The number of aromatic nitrogens is 3. The van der Waals surface area contributed by atoms with Crippen LogP contribution in [0, 0.1) is 20.8 Å². The molecule has 3 heterocycles. The number of hydrogen-bond acceptors (Lipinski definition) is 5. The Morgan fingerprint density at radius 1 is 1.06 bits per heavy atom. The molecule has 0 fully saturated rings. The lowest BCUT2D eigenvalue weighted by Gasteiger charge is -2.13. The van der Waals surface area contributed by atoms with Crippen molar-refractivity contribution in [3.05, 3.63) is 69.6 Å². The molecule has 0 bridgehead atoms. The van der Waals surface area contributed by atoms with E-state index >= 15 is 0 Å². The van der Waals surface area contributed by atoms with E-state index in [1.165, 1.54) is 10.5 Å². The van der Waals surface area contributed by atoms with Crippen LogP contribution in [0.1, 0.15) is 30.0 Å². The highest BCUT2D eigenvalue weighted by atomic mass is 32.2. The minimum Gasteiger partial charge on any atom is -0.317 e. The first-order valence-electron chi connectivity index (χ1n) is 10.1. The molecule has 0 saturated carbocycles. The number of hydrogen-bond donors (Lipinski definition) is 1. The molecule has 0 aliphatic carbocycles. The second-order valence-corrected chi connectivity index (χ2v) is 9.80. The molecule has 0 radical (unpaired) electrons. The van der Waals surface area contributed by atoms with Gasteiger partial charge in [0.15, 0.2) is 0 Å². The Balaban J connectivity index is 2.12. The summed E-state index contributed by atoms with van der Waals surface area (Å²) in [7, 11) is -3.94. The lowest BCUT2D eigenvalue weighted by atomic mass is 10.1. The zero-order chi connectivity index (χ0) is 22.5. The summed E-state index contributed by atoms with van der Waals surface area (Å²) >= 11 is 0. The average Bonchev–Trinajstić information content (AvgIpc) is 2.72. The molecule has 0 unspecified atom stereocenters. The number of sulfone groups is 1. The van der Waals surface area contributed by atoms with Gasteiger partial charge < -0.3 is 5.73 Å². The van der Waals surface area contributed by atoms with Crippen LogP contribution in [0.2, 0.25) is 0 Å². The van der Waals surface area contributed by atoms with Crippen molar-refractivity contribution in [2.24, 2.45) is 0 Å². The van der Waals surface area contributed by atoms with Gasteiger partial charge in [0.05, 0.1) is 11.4 Å². The molecule has 8 heteroatoms. The monoisotopic (exact) mass is 437 g/mol. The second-order valence-electron chi connectivity index (χ2n) is 7.88. The van der Waals surface area contributed by atoms with Crippen molar-refractivity contribution in [2.45, 2.75) is 50.5 Å². The molecule has 4 rings (SSSR count). The molecule has 0 amide bonds. The molecule has 160 valence electrons. The maximum Gasteiger partial charge on any atom is 0.278 e. The van der Waals surface area contributed by atoms with E-state index in [1.54, 1.807) is 35.0 Å². The minimum absolute atomic E-state index is 0.0796. The normalized spacial score (nSPS) is 12.0. The van der Waals surface area contributed by atoms with E-state index in [9.17, 15) is 13.2 Å². The van der Waals surface area contributed by atoms with Crippen LogP contribution in [0.5, 0.6) is 0 Å². The van der Waals surface area contributed by atoms with Crippen LogP contribution < -0.4 is 15.9 Å². The fourth-order valence-electron chi connectivity index (χ4n) is 3.70. The number of fused-ring (bicyclic) bond motifs is 2. The van der Waals surface area contributed by atoms with Gasteiger partial charge in [-0.05, 0) is 68.1 Å². The van der Waals surface area contributed by atoms with Gasteiger partial charge >= 0.3 is 0 Å². The van der Waals surface area contributed by atoms with Crippen molar-refractivity contribution in [1.82, 2.24) is 9.38 Å². The molecular weight excluding hydrogens is 412 g/mol. The Hall–Kier alpha value is -3.26. The summed E-state index contributed by atoms with van der Waals surface area (Å²) in [4.78, 5) is 18.0. The zero-order valence-electron chi connectivity index (χ0n) is 18.0. The number of benzene rings is 1. The predicted molar refractivity (Wildman–Crippen MR) is 120 cm³/mol. The average molecular weight is 438 g/mol. The number of nitrogens with two attached hydrogens (primary N) is 1. The van der Waals surface area contributed by atoms with Crippen LogP contribution in [-0.2, 0) is 16.4 Å². The third-order valence-corrected chi connectivity index (χ3v) is 7.37. The fourth-order valence-corrected chi connectivity index (χ4v) is 5.20. The van der Waals surface area contributed by atoms with Crippen LogP contribution in [0.15, 0.2) is 57.2 Å². The maximum atomic E-state index is 13.5. The first-order valence-corrected chi connectivity index (χ1v) is 11.6. The number of rotatable bonds is 4. The van der Waals surface area contributed by atoms with Gasteiger partial charge in [0.1, 0.15) is 10.3 Å². The highest BCUT2D eigenvalue weighted by Crippen LogP contribution is 2.27. The molecule has 2 N–H and O–H groups in total. The number of aryl methyl sites for hydroxylation is 4. The van der Waals surface area contributed by atoms with Crippen LogP contribution in [0.3, 0.4) is 0 Å². The fraction of sp³-hybridized carbons (Fsp3) is 0.261. The lowest BCUT2D eigenvalue weighted by Crippen LogP contribution is -2.41. The minimum atomic E-state index is -3.94. The number of nitrogen functional groups attached to an aromatic ring is 1. The summed E-state index contributed by atoms with van der Waals surface area (Å²) in [5, 5.41) is 0.216. The van der Waals surface area contributed by atoms with Crippen molar-refractivity contribution in [1.29, 1.82) is 0 Å². The first kappa shape index (κ1) is 21.0. The molecular formula is C23H25N4O3S+. The van der Waals surface area contributed by atoms with Gasteiger partial charge in [0, 0.05) is 6.20 Å². The highest BCUT2D eigenvalue weighted by Gasteiger charge is 2.29. The third-order valence-electron chi connectivity index (χ3n) is 5.59. The Morgan fingerprint density at radius 3 is 2.48 bits per heavy atom. The van der Waals surface area contributed by atoms with Crippen LogP contribution >= 0.6 is 0 Å². The van der Waals surface area contributed by atoms with Gasteiger partial charge in [-0.2, -0.15) is 0 Å². The maximum absolute atomic E-state index is 13.5. The topological polar surface area (TPSA) is 98.4 Å². The number of nitrogens with zero attached hydrogens (tertiary/aromatic N) is 3. The molecule has 0 atom stereocenters. The Bertz CT molecular complexity index is 1520. The summed E-state index contributed by atoms with van der Waals surface area (Å²) in [5.41, 5.74) is 9.68. The van der Waals surface area contributed by atoms with Crippen LogP contribution in [-0.4, -0.2) is 17.8 Å². The zero-order valence-corrected chi connectivity index (χ0v) is 18.8. The Kier molecular flexibility index (Phi) is 5.05. The molecule has 0 spiro atoms. The second kappa shape index (κ2) is 7.46. The van der Waals surface area contributed by atoms with E-state index in [4.69, 9.17) is 5.73 Å². The smallest absolute Gasteiger partial charge is 0.278 e. The van der Waals surface area contributed by atoms with Gasteiger partial charge in [-0.1, -0.05) is 24.0 Å². The molecule has 0 aliphatic rings. The van der Waals surface area contributed by atoms with E-state index in [0.29, 0.717) is 24.3 Å². The predicted octanol–water partition coefficient (Wildman–Crippen LogP) is 2.89. The highest BCUT2D eigenvalue weighted by molar-refractivity contribution is 7.91. The number of anilines is 1. The molecule has 1 aromatic carbocycles. The van der Waals surface area contributed by atoms with Crippen molar-refractivity contribution >= 4 is 32.3 Å². The van der Waals surface area contributed by atoms with Crippen molar-refractivity contribution in [3.8, 4) is 0 Å². The molecule has 3 aromatic heterocycles. The summed E-state index contributed by atoms with van der Waals surface area (Å²) in [5.74, 6) is 0.0796. The van der Waals surface area contributed by atoms with Gasteiger partial charge in [0.25, 0.3) is 11.2 Å².